The minimum Gasteiger partial charge on any atom is -0.381 e. The smallest absolute Gasteiger partial charge is 0.269 e. The van der Waals surface area contributed by atoms with E-state index in [0.29, 0.717) is 18.4 Å². The maximum absolute atomic E-state index is 13.0. The van der Waals surface area contributed by atoms with E-state index in [4.69, 9.17) is 5.21 Å². The molecule has 0 radical (unpaired) electrons. The topological polar surface area (TPSA) is 98.7 Å². The van der Waals surface area contributed by atoms with Crippen LogP contribution in [0.15, 0.2) is 37.4 Å². The largest absolute Gasteiger partial charge is 0.381 e. The number of amides is 2. The first-order chi connectivity index (χ1) is 14.8. The molecule has 2 amide bonds. The SMILES string of the molecule is C=C.C[C@@](O)(C(F)F)[C@H](NC(=O)c1ccc(C#CCC2CCCCC2)cc1)C(=O)NO. The Kier molecular flexibility index (Phi) is 10.9. The van der Waals surface area contributed by atoms with Crippen LogP contribution < -0.4 is 10.8 Å². The van der Waals surface area contributed by atoms with E-state index >= 15 is 0 Å². The monoisotopic (exact) mass is 436 g/mol. The first kappa shape index (κ1) is 26.3. The van der Waals surface area contributed by atoms with E-state index in [1.165, 1.54) is 49.7 Å². The number of hydroxylamine groups is 1. The van der Waals surface area contributed by atoms with Gasteiger partial charge in [-0.3, -0.25) is 14.8 Å². The van der Waals surface area contributed by atoms with Crippen LogP contribution in [0.2, 0.25) is 0 Å². The van der Waals surface area contributed by atoms with Crippen molar-refractivity contribution in [1.82, 2.24) is 10.8 Å². The van der Waals surface area contributed by atoms with Crippen LogP contribution in [0.3, 0.4) is 0 Å². The number of nitrogens with one attached hydrogen (secondary N) is 2. The Labute approximate surface area is 181 Å². The molecule has 4 N–H and O–H groups in total. The van der Waals surface area contributed by atoms with Crippen molar-refractivity contribution < 1.29 is 28.7 Å². The molecule has 1 aromatic carbocycles. The molecule has 0 aliphatic heterocycles. The van der Waals surface area contributed by atoms with Gasteiger partial charge in [-0.15, -0.1) is 13.2 Å². The third-order valence-electron chi connectivity index (χ3n) is 5.17. The second kappa shape index (κ2) is 12.8. The molecule has 1 aliphatic rings. The lowest BCUT2D eigenvalue weighted by Gasteiger charge is -2.30. The van der Waals surface area contributed by atoms with Gasteiger partial charge >= 0.3 is 0 Å². The van der Waals surface area contributed by atoms with E-state index in [-0.39, 0.29) is 5.56 Å². The molecule has 6 nitrogen and oxygen atoms in total. The number of aliphatic hydroxyl groups is 1. The van der Waals surface area contributed by atoms with Crippen LogP contribution >= 0.6 is 0 Å². The van der Waals surface area contributed by atoms with Gasteiger partial charge in [0.2, 0.25) is 0 Å². The fourth-order valence-corrected chi connectivity index (χ4v) is 3.28. The highest BCUT2D eigenvalue weighted by molar-refractivity contribution is 5.97. The van der Waals surface area contributed by atoms with Crippen molar-refractivity contribution in [2.24, 2.45) is 5.92 Å². The Balaban J connectivity index is 0.00000233. The van der Waals surface area contributed by atoms with Crippen molar-refractivity contribution in [2.75, 3.05) is 0 Å². The molecule has 0 spiro atoms. The predicted molar refractivity (Wildman–Crippen MR) is 114 cm³/mol. The standard InChI is InChI=1S/C21H26F2N2O4.C2H4/c1-21(28,20(22)23)17(19(27)25-29)24-18(26)16-12-10-15(11-13-16)9-5-8-14-6-3-2-4-7-14;1-2/h10-14,17,20,28-29H,2-4,6-8H2,1H3,(H,24,26)(H,25,27);1-2H2/t17-,21+;/m1./s1. The van der Waals surface area contributed by atoms with Gasteiger partial charge in [-0.1, -0.05) is 31.1 Å². The summed E-state index contributed by atoms with van der Waals surface area (Å²) in [4.78, 5) is 24.0. The van der Waals surface area contributed by atoms with Gasteiger partial charge in [0.25, 0.3) is 18.2 Å². The predicted octanol–water partition coefficient (Wildman–Crippen LogP) is 3.43. The van der Waals surface area contributed by atoms with Crippen LogP contribution in [0.5, 0.6) is 0 Å². The Hall–Kier alpha value is -2.76. The summed E-state index contributed by atoms with van der Waals surface area (Å²) in [5.41, 5.74) is -0.881. The lowest BCUT2D eigenvalue weighted by Crippen LogP contribution is -2.61. The first-order valence-corrected chi connectivity index (χ1v) is 10.1. The van der Waals surface area contributed by atoms with Crippen molar-refractivity contribution in [1.29, 1.82) is 0 Å². The molecule has 0 saturated heterocycles. The lowest BCUT2D eigenvalue weighted by atomic mass is 9.87. The van der Waals surface area contributed by atoms with Crippen LogP contribution in [0.25, 0.3) is 0 Å². The van der Waals surface area contributed by atoms with Gasteiger partial charge in [0, 0.05) is 17.5 Å². The number of hydrogen-bond donors (Lipinski definition) is 4. The summed E-state index contributed by atoms with van der Waals surface area (Å²) in [7, 11) is 0. The summed E-state index contributed by atoms with van der Waals surface area (Å²) in [5, 5.41) is 20.6. The molecule has 31 heavy (non-hydrogen) atoms. The number of alkyl halides is 2. The molecule has 0 heterocycles. The Morgan fingerprint density at radius 2 is 1.77 bits per heavy atom. The third kappa shape index (κ3) is 7.78. The molecule has 170 valence electrons. The molecular formula is C23H30F2N2O4. The Bertz CT molecular complexity index is 779. The van der Waals surface area contributed by atoms with Crippen molar-refractivity contribution in [3.8, 4) is 11.8 Å². The van der Waals surface area contributed by atoms with E-state index in [1.54, 1.807) is 12.1 Å². The van der Waals surface area contributed by atoms with E-state index in [2.05, 4.69) is 25.0 Å². The van der Waals surface area contributed by atoms with Gasteiger partial charge in [-0.2, -0.15) is 0 Å². The fourth-order valence-electron chi connectivity index (χ4n) is 3.28. The third-order valence-corrected chi connectivity index (χ3v) is 5.17. The molecule has 0 unspecified atom stereocenters. The zero-order valence-electron chi connectivity index (χ0n) is 17.7. The average molecular weight is 436 g/mol. The lowest BCUT2D eigenvalue weighted by molar-refractivity contribution is -0.149. The minimum absolute atomic E-state index is 0.101. The maximum atomic E-state index is 13.0. The molecule has 2 atom stereocenters. The van der Waals surface area contributed by atoms with Gasteiger partial charge in [0.15, 0.2) is 5.60 Å². The van der Waals surface area contributed by atoms with Gasteiger partial charge in [0.1, 0.15) is 6.04 Å². The number of carbonyl (C=O) groups excluding carboxylic acids is 2. The number of benzene rings is 1. The van der Waals surface area contributed by atoms with Crippen LogP contribution in [0.1, 0.15) is 61.4 Å². The van der Waals surface area contributed by atoms with Gasteiger partial charge in [0.05, 0.1) is 0 Å². The molecular weight excluding hydrogens is 406 g/mol. The van der Waals surface area contributed by atoms with E-state index < -0.39 is 29.9 Å². The zero-order chi connectivity index (χ0) is 23.4. The first-order valence-electron chi connectivity index (χ1n) is 10.1. The highest BCUT2D eigenvalue weighted by Crippen LogP contribution is 2.25. The second-order valence-corrected chi connectivity index (χ2v) is 7.50. The fraction of sp³-hybridized carbons (Fsp3) is 0.478. The van der Waals surface area contributed by atoms with Gasteiger partial charge < -0.3 is 10.4 Å². The number of halogens is 2. The van der Waals surface area contributed by atoms with Crippen LogP contribution in [-0.4, -0.2) is 40.2 Å². The summed E-state index contributed by atoms with van der Waals surface area (Å²) >= 11 is 0. The van der Waals surface area contributed by atoms with E-state index in [0.717, 1.165) is 6.42 Å². The summed E-state index contributed by atoms with van der Waals surface area (Å²) in [6.45, 7) is 6.70. The maximum Gasteiger partial charge on any atom is 0.269 e. The molecule has 1 aliphatic carbocycles. The van der Waals surface area contributed by atoms with E-state index in [1.807, 2.05) is 5.32 Å². The summed E-state index contributed by atoms with van der Waals surface area (Å²) in [6.07, 6.45) is 3.72. The average Bonchev–Trinajstić information content (AvgIpc) is 2.79. The van der Waals surface area contributed by atoms with Crippen molar-refractivity contribution in [3.63, 3.8) is 0 Å². The molecule has 1 saturated carbocycles. The molecule has 1 fully saturated rings. The molecule has 8 heteroatoms. The minimum atomic E-state index is -3.33. The summed E-state index contributed by atoms with van der Waals surface area (Å²) in [5.74, 6) is 4.65. The molecule has 2 rings (SSSR count). The Morgan fingerprint density at radius 1 is 1.19 bits per heavy atom. The van der Waals surface area contributed by atoms with Gasteiger partial charge in [-0.05, 0) is 49.9 Å². The van der Waals surface area contributed by atoms with Crippen LogP contribution in [-0.2, 0) is 4.79 Å². The van der Waals surface area contributed by atoms with Crippen LogP contribution in [0, 0.1) is 17.8 Å². The highest BCUT2D eigenvalue weighted by Gasteiger charge is 2.46. The highest BCUT2D eigenvalue weighted by atomic mass is 19.3. The number of rotatable bonds is 6. The quantitative estimate of drug-likeness (QED) is 0.238. The Morgan fingerprint density at radius 3 is 2.29 bits per heavy atom. The van der Waals surface area contributed by atoms with Crippen molar-refractivity contribution >= 4 is 11.8 Å². The van der Waals surface area contributed by atoms with Gasteiger partial charge in [-0.25, -0.2) is 14.3 Å². The van der Waals surface area contributed by atoms with Crippen molar-refractivity contribution in [3.05, 3.63) is 48.6 Å². The molecule has 1 aromatic rings. The molecule has 0 aromatic heterocycles. The second-order valence-electron chi connectivity index (χ2n) is 7.50. The van der Waals surface area contributed by atoms with Crippen LogP contribution in [0.4, 0.5) is 8.78 Å². The van der Waals surface area contributed by atoms with Crippen molar-refractivity contribution in [2.45, 2.75) is 63.5 Å². The summed E-state index contributed by atoms with van der Waals surface area (Å²) < 4.78 is 26.1. The summed E-state index contributed by atoms with van der Waals surface area (Å²) in [6, 6.07) is 4.09. The number of hydrogen-bond acceptors (Lipinski definition) is 4. The number of carbonyl (C=O) groups is 2. The zero-order valence-corrected chi connectivity index (χ0v) is 17.7. The normalized spacial score (nSPS) is 16.6. The molecule has 0 bridgehead atoms. The van der Waals surface area contributed by atoms with E-state index in [9.17, 15) is 23.5 Å².